The van der Waals surface area contributed by atoms with Gasteiger partial charge in [-0.1, -0.05) is 0 Å². The molecule has 0 radical (unpaired) electrons. The van der Waals surface area contributed by atoms with E-state index in [-0.39, 0.29) is 0 Å². The Balaban J connectivity index is 2.31. The van der Waals surface area contributed by atoms with E-state index in [0.29, 0.717) is 0 Å². The summed E-state index contributed by atoms with van der Waals surface area (Å²) in [6, 6.07) is 0. The van der Waals surface area contributed by atoms with Gasteiger partial charge in [-0.2, -0.15) is 0 Å². The first-order valence-corrected chi connectivity index (χ1v) is 4.81. The van der Waals surface area contributed by atoms with Gasteiger partial charge in [-0.3, -0.25) is 0 Å². The van der Waals surface area contributed by atoms with Crippen LogP contribution < -0.4 is 4.90 Å². The number of nitrogens with zero attached hydrogens (tertiary/aromatic N) is 3. The second-order valence-electron chi connectivity index (χ2n) is 2.94. The van der Waals surface area contributed by atoms with Gasteiger partial charge < -0.3 is 4.90 Å². The fraction of sp³-hybridized carbons (Fsp3) is 0.500. The van der Waals surface area contributed by atoms with Crippen LogP contribution in [0.15, 0.2) is 10.8 Å². The van der Waals surface area contributed by atoms with Gasteiger partial charge in [-0.05, 0) is 29.3 Å². The largest absolute Gasteiger partial charge is 0.355 e. The van der Waals surface area contributed by atoms with E-state index >= 15 is 0 Å². The number of aromatic nitrogens is 2. The summed E-state index contributed by atoms with van der Waals surface area (Å²) in [4.78, 5) is 10.9. The van der Waals surface area contributed by atoms with Crippen LogP contribution in [0.1, 0.15) is 12.1 Å². The summed E-state index contributed by atoms with van der Waals surface area (Å²) in [7, 11) is 0. The van der Waals surface area contributed by atoms with E-state index in [1.165, 1.54) is 6.42 Å². The maximum Gasteiger partial charge on any atom is 0.150 e. The van der Waals surface area contributed by atoms with Crippen molar-refractivity contribution in [1.29, 1.82) is 0 Å². The van der Waals surface area contributed by atoms with Gasteiger partial charge in [0.15, 0.2) is 0 Å². The number of anilines is 1. The Labute approximate surface area is 80.0 Å². The summed E-state index contributed by atoms with van der Waals surface area (Å²) in [6.45, 7) is 4.24. The standard InChI is InChI=1S/C8H10BrN3/c1-6-8(12-3-2-4-12)10-5-7(9)11-6/h5H,2-4H2,1H3. The monoisotopic (exact) mass is 227 g/mol. The Morgan fingerprint density at radius 1 is 1.50 bits per heavy atom. The van der Waals surface area contributed by atoms with Crippen molar-refractivity contribution >= 4 is 21.7 Å². The molecule has 0 aliphatic carbocycles. The van der Waals surface area contributed by atoms with E-state index in [9.17, 15) is 0 Å². The van der Waals surface area contributed by atoms with E-state index in [1.807, 2.05) is 6.92 Å². The molecule has 0 atom stereocenters. The third kappa shape index (κ3) is 1.31. The molecule has 2 rings (SSSR count). The molecule has 1 aliphatic rings. The number of halogens is 1. The Hall–Kier alpha value is -0.640. The predicted octanol–water partition coefficient (Wildman–Crippen LogP) is 1.76. The molecule has 0 aromatic carbocycles. The lowest BCUT2D eigenvalue weighted by Crippen LogP contribution is -2.38. The van der Waals surface area contributed by atoms with Gasteiger partial charge in [-0.25, -0.2) is 9.97 Å². The van der Waals surface area contributed by atoms with Gasteiger partial charge in [-0.15, -0.1) is 0 Å². The van der Waals surface area contributed by atoms with Crippen LogP contribution in [0.3, 0.4) is 0 Å². The molecule has 0 N–H and O–H groups in total. The summed E-state index contributed by atoms with van der Waals surface area (Å²) in [5.74, 6) is 1.03. The van der Waals surface area contributed by atoms with Crippen molar-refractivity contribution in [3.8, 4) is 0 Å². The minimum Gasteiger partial charge on any atom is -0.355 e. The maximum absolute atomic E-state index is 4.32. The molecule has 0 saturated carbocycles. The lowest BCUT2D eigenvalue weighted by Gasteiger charge is -2.32. The van der Waals surface area contributed by atoms with Crippen molar-refractivity contribution in [1.82, 2.24) is 9.97 Å². The van der Waals surface area contributed by atoms with Crippen molar-refractivity contribution in [3.05, 3.63) is 16.5 Å². The first kappa shape index (κ1) is 7.98. The van der Waals surface area contributed by atoms with Gasteiger partial charge in [0, 0.05) is 13.1 Å². The molecular weight excluding hydrogens is 218 g/mol. The minimum absolute atomic E-state index is 0.810. The van der Waals surface area contributed by atoms with Gasteiger partial charge in [0.2, 0.25) is 0 Å². The lowest BCUT2D eigenvalue weighted by molar-refractivity contribution is 0.605. The predicted molar refractivity (Wildman–Crippen MR) is 51.3 cm³/mol. The van der Waals surface area contributed by atoms with Crippen LogP contribution in [-0.4, -0.2) is 23.1 Å². The number of aryl methyl sites for hydroxylation is 1. The van der Waals surface area contributed by atoms with Crippen LogP contribution in [0, 0.1) is 6.92 Å². The highest BCUT2D eigenvalue weighted by Crippen LogP contribution is 2.21. The zero-order valence-corrected chi connectivity index (χ0v) is 8.50. The molecule has 1 aromatic heterocycles. The third-order valence-corrected chi connectivity index (χ3v) is 2.43. The molecular formula is C8H10BrN3. The second-order valence-corrected chi connectivity index (χ2v) is 3.75. The van der Waals surface area contributed by atoms with Crippen molar-refractivity contribution < 1.29 is 0 Å². The van der Waals surface area contributed by atoms with E-state index in [1.54, 1.807) is 6.20 Å². The lowest BCUT2D eigenvalue weighted by atomic mass is 10.2. The fourth-order valence-electron chi connectivity index (χ4n) is 1.29. The average Bonchev–Trinajstić information content (AvgIpc) is 1.91. The fourth-order valence-corrected chi connectivity index (χ4v) is 1.65. The Kier molecular flexibility index (Phi) is 2.00. The SMILES string of the molecule is Cc1nc(Br)cnc1N1CCC1. The second kappa shape index (κ2) is 3.01. The van der Waals surface area contributed by atoms with Gasteiger partial charge >= 0.3 is 0 Å². The average molecular weight is 228 g/mol. The van der Waals surface area contributed by atoms with E-state index in [0.717, 1.165) is 29.2 Å². The zero-order chi connectivity index (χ0) is 8.55. The number of hydrogen-bond acceptors (Lipinski definition) is 3. The van der Waals surface area contributed by atoms with E-state index in [4.69, 9.17) is 0 Å². The molecule has 1 aliphatic heterocycles. The highest BCUT2D eigenvalue weighted by atomic mass is 79.9. The highest BCUT2D eigenvalue weighted by Gasteiger charge is 2.17. The molecule has 3 nitrogen and oxygen atoms in total. The van der Waals surface area contributed by atoms with Crippen molar-refractivity contribution in [2.24, 2.45) is 0 Å². The van der Waals surface area contributed by atoms with Crippen molar-refractivity contribution in [3.63, 3.8) is 0 Å². The summed E-state index contributed by atoms with van der Waals surface area (Å²) in [6.07, 6.45) is 3.03. The number of rotatable bonds is 1. The normalized spacial score (nSPS) is 16.0. The van der Waals surface area contributed by atoms with E-state index < -0.39 is 0 Å². The Morgan fingerprint density at radius 3 is 2.75 bits per heavy atom. The molecule has 1 saturated heterocycles. The molecule has 2 heterocycles. The molecule has 64 valence electrons. The van der Waals surface area contributed by atoms with Gasteiger partial charge in [0.25, 0.3) is 0 Å². The van der Waals surface area contributed by atoms with Crippen LogP contribution in [0.4, 0.5) is 5.82 Å². The van der Waals surface area contributed by atoms with Crippen LogP contribution in [0.25, 0.3) is 0 Å². The quantitative estimate of drug-likeness (QED) is 0.733. The van der Waals surface area contributed by atoms with Crippen LogP contribution in [0.5, 0.6) is 0 Å². The molecule has 12 heavy (non-hydrogen) atoms. The highest BCUT2D eigenvalue weighted by molar-refractivity contribution is 9.10. The van der Waals surface area contributed by atoms with Gasteiger partial charge in [0.1, 0.15) is 10.4 Å². The molecule has 4 heteroatoms. The molecule has 1 aromatic rings. The summed E-state index contributed by atoms with van der Waals surface area (Å²) in [5.41, 5.74) is 1.00. The Bertz CT molecular complexity index is 296. The summed E-state index contributed by atoms with van der Waals surface area (Å²) >= 11 is 3.29. The topological polar surface area (TPSA) is 29.0 Å². The maximum atomic E-state index is 4.32. The first-order valence-electron chi connectivity index (χ1n) is 4.01. The first-order chi connectivity index (χ1) is 5.77. The molecule has 0 amide bonds. The molecule has 1 fully saturated rings. The summed E-state index contributed by atoms with van der Waals surface area (Å²) < 4.78 is 0.810. The summed E-state index contributed by atoms with van der Waals surface area (Å²) in [5, 5.41) is 0. The smallest absolute Gasteiger partial charge is 0.150 e. The van der Waals surface area contributed by atoms with E-state index in [2.05, 4.69) is 30.8 Å². The van der Waals surface area contributed by atoms with Crippen LogP contribution >= 0.6 is 15.9 Å². The molecule has 0 unspecified atom stereocenters. The molecule has 0 bridgehead atoms. The van der Waals surface area contributed by atoms with Gasteiger partial charge in [0.05, 0.1) is 11.9 Å². The minimum atomic E-state index is 0.810. The van der Waals surface area contributed by atoms with Crippen molar-refractivity contribution in [2.75, 3.05) is 18.0 Å². The van der Waals surface area contributed by atoms with Crippen LogP contribution in [0.2, 0.25) is 0 Å². The third-order valence-electron chi connectivity index (χ3n) is 2.05. The van der Waals surface area contributed by atoms with Crippen LogP contribution in [-0.2, 0) is 0 Å². The van der Waals surface area contributed by atoms with Crippen molar-refractivity contribution in [2.45, 2.75) is 13.3 Å². The Morgan fingerprint density at radius 2 is 2.25 bits per heavy atom. The zero-order valence-electron chi connectivity index (χ0n) is 6.92. The number of hydrogen-bond donors (Lipinski definition) is 0. The molecule has 0 spiro atoms.